The lowest BCUT2D eigenvalue weighted by Crippen LogP contribution is -2.24. The fraction of sp³-hybridized carbons (Fsp3) is 0.667. The van der Waals surface area contributed by atoms with Crippen molar-refractivity contribution < 1.29 is 9.53 Å². The molecule has 2 heterocycles. The van der Waals surface area contributed by atoms with Crippen molar-refractivity contribution in [3.8, 4) is 0 Å². The van der Waals surface area contributed by atoms with Crippen LogP contribution in [0.5, 0.6) is 0 Å². The molecule has 0 aromatic carbocycles. The van der Waals surface area contributed by atoms with Crippen molar-refractivity contribution in [3.63, 3.8) is 0 Å². The van der Waals surface area contributed by atoms with E-state index in [2.05, 4.69) is 23.4 Å². The van der Waals surface area contributed by atoms with Crippen LogP contribution in [0.25, 0.3) is 0 Å². The van der Waals surface area contributed by atoms with Gasteiger partial charge in [0, 0.05) is 12.5 Å². The molecule has 5 heteroatoms. The first-order valence-electron chi connectivity index (χ1n) is 5.90. The fourth-order valence-corrected chi connectivity index (χ4v) is 2.74. The third-order valence-corrected chi connectivity index (χ3v) is 3.48. The first kappa shape index (κ1) is 12.4. The number of aromatic nitrogens is 2. The number of hydrogen-bond acceptors (Lipinski definition) is 3. The average Bonchev–Trinajstić information content (AvgIpc) is 2.66. The summed E-state index contributed by atoms with van der Waals surface area (Å²) in [5.41, 5.74) is 0.827. The van der Waals surface area contributed by atoms with Gasteiger partial charge in [0.05, 0.1) is 12.8 Å². The number of fused-ring (bicyclic) bond motifs is 1. The molecule has 0 spiro atoms. The maximum atomic E-state index is 11.7. The first-order valence-corrected chi connectivity index (χ1v) is 6.27. The van der Waals surface area contributed by atoms with Crippen LogP contribution < -0.4 is 0 Å². The number of carbonyl (C=O) groups is 1. The van der Waals surface area contributed by atoms with Gasteiger partial charge in [-0.1, -0.05) is 25.4 Å². The second-order valence-corrected chi connectivity index (χ2v) is 5.03. The standard InChI is InChI=1S/C12H17ClN2O2/c1-7(2)11-14-10(13)9-8(12(16)17-3)5-4-6-15(9)11/h7-8H,4-6H2,1-3H3. The van der Waals surface area contributed by atoms with Gasteiger partial charge < -0.3 is 9.30 Å². The van der Waals surface area contributed by atoms with Crippen LogP contribution >= 0.6 is 11.6 Å². The van der Waals surface area contributed by atoms with E-state index in [4.69, 9.17) is 16.3 Å². The zero-order valence-corrected chi connectivity index (χ0v) is 11.1. The van der Waals surface area contributed by atoms with E-state index in [0.717, 1.165) is 30.9 Å². The number of esters is 1. The Morgan fingerprint density at radius 1 is 1.59 bits per heavy atom. The third-order valence-electron chi connectivity index (χ3n) is 3.20. The molecule has 1 unspecified atom stereocenters. The first-order chi connectivity index (χ1) is 8.06. The normalized spacial score (nSPS) is 19.2. The molecule has 4 nitrogen and oxygen atoms in total. The molecular formula is C12H17ClN2O2. The Hall–Kier alpha value is -1.03. The highest BCUT2D eigenvalue weighted by Crippen LogP contribution is 2.36. The molecule has 1 aromatic heterocycles. The second-order valence-electron chi connectivity index (χ2n) is 4.67. The zero-order valence-electron chi connectivity index (χ0n) is 10.4. The lowest BCUT2D eigenvalue weighted by atomic mass is 9.96. The fourth-order valence-electron chi connectivity index (χ4n) is 2.42. The van der Waals surface area contributed by atoms with Crippen molar-refractivity contribution in [2.24, 2.45) is 0 Å². The summed E-state index contributed by atoms with van der Waals surface area (Å²) in [5, 5.41) is 0.448. The van der Waals surface area contributed by atoms with Gasteiger partial charge in [-0.2, -0.15) is 0 Å². The van der Waals surface area contributed by atoms with Crippen LogP contribution in [0.2, 0.25) is 5.15 Å². The molecule has 2 rings (SSSR count). The summed E-state index contributed by atoms with van der Waals surface area (Å²) in [6.07, 6.45) is 1.74. The minimum absolute atomic E-state index is 0.219. The summed E-state index contributed by atoms with van der Waals surface area (Å²) in [6, 6.07) is 0. The van der Waals surface area contributed by atoms with Crippen molar-refractivity contribution in [2.45, 2.75) is 45.1 Å². The Bertz CT molecular complexity index is 440. The molecule has 0 aliphatic carbocycles. The largest absolute Gasteiger partial charge is 0.469 e. The van der Waals surface area contributed by atoms with Crippen LogP contribution in [0.15, 0.2) is 0 Å². The number of carbonyl (C=O) groups excluding carboxylic acids is 1. The summed E-state index contributed by atoms with van der Waals surface area (Å²) in [4.78, 5) is 16.1. The molecule has 0 N–H and O–H groups in total. The van der Waals surface area contributed by atoms with Crippen LogP contribution in [-0.2, 0) is 16.1 Å². The quantitative estimate of drug-likeness (QED) is 0.765. The molecule has 0 saturated heterocycles. The number of ether oxygens (including phenoxy) is 1. The average molecular weight is 257 g/mol. The van der Waals surface area contributed by atoms with Crippen molar-refractivity contribution in [1.29, 1.82) is 0 Å². The summed E-state index contributed by atoms with van der Waals surface area (Å²) in [6.45, 7) is 5.04. The maximum Gasteiger partial charge on any atom is 0.314 e. The number of imidazole rings is 1. The Morgan fingerprint density at radius 3 is 2.88 bits per heavy atom. The van der Waals surface area contributed by atoms with E-state index in [-0.39, 0.29) is 11.9 Å². The number of rotatable bonds is 2. The van der Waals surface area contributed by atoms with Crippen LogP contribution in [0.1, 0.15) is 50.0 Å². The van der Waals surface area contributed by atoms with Crippen LogP contribution in [0, 0.1) is 0 Å². The predicted octanol–water partition coefficient (Wildman–Crippen LogP) is 2.71. The van der Waals surface area contributed by atoms with Crippen molar-refractivity contribution in [1.82, 2.24) is 9.55 Å². The van der Waals surface area contributed by atoms with Gasteiger partial charge in [-0.05, 0) is 12.8 Å². The third kappa shape index (κ3) is 2.06. The molecule has 1 aliphatic heterocycles. The molecule has 1 atom stereocenters. The number of methoxy groups -OCH3 is 1. The van der Waals surface area contributed by atoms with E-state index in [1.54, 1.807) is 0 Å². The van der Waals surface area contributed by atoms with Gasteiger partial charge in [0.2, 0.25) is 0 Å². The number of hydrogen-bond donors (Lipinski definition) is 0. The molecule has 1 aliphatic rings. The van der Waals surface area contributed by atoms with Crippen LogP contribution in [0.4, 0.5) is 0 Å². The van der Waals surface area contributed by atoms with Gasteiger partial charge in [0.15, 0.2) is 5.15 Å². The maximum absolute atomic E-state index is 11.7. The monoisotopic (exact) mass is 256 g/mol. The topological polar surface area (TPSA) is 44.1 Å². The Kier molecular flexibility index (Phi) is 3.43. The summed E-state index contributed by atoms with van der Waals surface area (Å²) in [7, 11) is 1.41. The van der Waals surface area contributed by atoms with Crippen molar-refractivity contribution in [2.75, 3.05) is 7.11 Å². The molecule has 1 aromatic rings. The summed E-state index contributed by atoms with van der Waals surface area (Å²) < 4.78 is 6.91. The van der Waals surface area contributed by atoms with Crippen LogP contribution in [-0.4, -0.2) is 22.6 Å². The molecule has 0 saturated carbocycles. The lowest BCUT2D eigenvalue weighted by molar-refractivity contribution is -0.143. The molecule has 17 heavy (non-hydrogen) atoms. The summed E-state index contributed by atoms with van der Waals surface area (Å²) in [5.74, 6) is 0.778. The Labute approximate surface area is 106 Å². The molecule has 0 fully saturated rings. The predicted molar refractivity (Wildman–Crippen MR) is 65.3 cm³/mol. The van der Waals surface area contributed by atoms with Crippen molar-refractivity contribution in [3.05, 3.63) is 16.7 Å². The highest BCUT2D eigenvalue weighted by atomic mass is 35.5. The minimum Gasteiger partial charge on any atom is -0.469 e. The van der Waals surface area contributed by atoms with E-state index in [1.165, 1.54) is 7.11 Å². The van der Waals surface area contributed by atoms with E-state index in [9.17, 15) is 4.79 Å². The highest BCUT2D eigenvalue weighted by molar-refractivity contribution is 6.30. The second kappa shape index (κ2) is 4.69. The Morgan fingerprint density at radius 2 is 2.29 bits per heavy atom. The van der Waals surface area contributed by atoms with Gasteiger partial charge in [0.25, 0.3) is 0 Å². The van der Waals surface area contributed by atoms with Gasteiger partial charge in [-0.15, -0.1) is 0 Å². The van der Waals surface area contributed by atoms with E-state index in [0.29, 0.717) is 11.1 Å². The van der Waals surface area contributed by atoms with E-state index >= 15 is 0 Å². The molecule has 0 bridgehead atoms. The van der Waals surface area contributed by atoms with Crippen molar-refractivity contribution >= 4 is 17.6 Å². The molecule has 94 valence electrons. The summed E-state index contributed by atoms with van der Waals surface area (Å²) >= 11 is 6.16. The zero-order chi connectivity index (χ0) is 12.6. The van der Waals surface area contributed by atoms with Gasteiger partial charge in [0.1, 0.15) is 11.7 Å². The molecule has 0 radical (unpaired) electrons. The lowest BCUT2D eigenvalue weighted by Gasteiger charge is -2.24. The number of nitrogens with zero attached hydrogens (tertiary/aromatic N) is 2. The van der Waals surface area contributed by atoms with Crippen LogP contribution in [0.3, 0.4) is 0 Å². The van der Waals surface area contributed by atoms with E-state index < -0.39 is 0 Å². The van der Waals surface area contributed by atoms with E-state index in [1.807, 2.05) is 0 Å². The smallest absolute Gasteiger partial charge is 0.314 e. The van der Waals surface area contributed by atoms with Gasteiger partial charge in [-0.3, -0.25) is 4.79 Å². The van der Waals surface area contributed by atoms with Gasteiger partial charge in [-0.25, -0.2) is 4.98 Å². The molecule has 0 amide bonds. The Balaban J connectivity index is 2.48. The van der Waals surface area contributed by atoms with Gasteiger partial charge >= 0.3 is 5.97 Å². The minimum atomic E-state index is -0.263. The highest BCUT2D eigenvalue weighted by Gasteiger charge is 2.33. The molecular weight excluding hydrogens is 240 g/mol. The number of halogens is 1. The SMILES string of the molecule is COC(=O)C1CCCn2c(C(C)C)nc(Cl)c21.